The standard InChI is InChI=1S/C11H15BrN2O3S/c1-17-9-2-3-10(12)11(6-9)18(15,16)14-5-4-8(13)7-14/h2-3,6,8H,4-5,7,13H2,1H3/t8-/m0/s1. The summed E-state index contributed by atoms with van der Waals surface area (Å²) in [4.78, 5) is 0.218. The van der Waals surface area contributed by atoms with Crippen molar-refractivity contribution in [1.82, 2.24) is 4.31 Å². The van der Waals surface area contributed by atoms with Crippen molar-refractivity contribution in [1.29, 1.82) is 0 Å². The molecule has 1 fully saturated rings. The quantitative estimate of drug-likeness (QED) is 0.900. The van der Waals surface area contributed by atoms with Crippen LogP contribution in [0.3, 0.4) is 0 Å². The van der Waals surface area contributed by atoms with E-state index < -0.39 is 10.0 Å². The summed E-state index contributed by atoms with van der Waals surface area (Å²) in [6.07, 6.45) is 0.695. The fraction of sp³-hybridized carbons (Fsp3) is 0.455. The Balaban J connectivity index is 2.40. The van der Waals surface area contributed by atoms with Crippen molar-refractivity contribution >= 4 is 26.0 Å². The Kier molecular flexibility index (Phi) is 3.96. The van der Waals surface area contributed by atoms with Crippen LogP contribution in [0.2, 0.25) is 0 Å². The Morgan fingerprint density at radius 3 is 2.78 bits per heavy atom. The molecular weight excluding hydrogens is 320 g/mol. The minimum atomic E-state index is -3.51. The first-order chi connectivity index (χ1) is 8.45. The monoisotopic (exact) mass is 334 g/mol. The second-order valence-corrected chi connectivity index (χ2v) is 6.97. The van der Waals surface area contributed by atoms with Gasteiger partial charge in [0.1, 0.15) is 10.6 Å². The number of methoxy groups -OCH3 is 1. The average molecular weight is 335 g/mol. The Labute approximate surface area is 115 Å². The van der Waals surface area contributed by atoms with E-state index in [4.69, 9.17) is 10.5 Å². The van der Waals surface area contributed by atoms with Gasteiger partial charge in [-0.2, -0.15) is 4.31 Å². The van der Waals surface area contributed by atoms with Crippen LogP contribution < -0.4 is 10.5 Å². The Hall–Kier alpha value is -0.630. The maximum atomic E-state index is 12.5. The highest BCUT2D eigenvalue weighted by atomic mass is 79.9. The van der Waals surface area contributed by atoms with E-state index in [1.165, 1.54) is 17.5 Å². The number of halogens is 1. The second kappa shape index (κ2) is 5.16. The van der Waals surface area contributed by atoms with Gasteiger partial charge in [-0.3, -0.25) is 0 Å². The lowest BCUT2D eigenvalue weighted by molar-refractivity contribution is 0.412. The summed E-state index contributed by atoms with van der Waals surface area (Å²) in [5.41, 5.74) is 5.75. The predicted octanol–water partition coefficient (Wildman–Crippen LogP) is 1.18. The summed E-state index contributed by atoms with van der Waals surface area (Å²) in [6, 6.07) is 4.81. The molecule has 0 spiro atoms. The maximum Gasteiger partial charge on any atom is 0.244 e. The third kappa shape index (κ3) is 2.54. The van der Waals surface area contributed by atoms with Crippen LogP contribution in [0.5, 0.6) is 5.75 Å². The molecule has 2 rings (SSSR count). The van der Waals surface area contributed by atoms with E-state index in [1.807, 2.05) is 0 Å². The number of ether oxygens (including phenoxy) is 1. The van der Waals surface area contributed by atoms with Crippen molar-refractivity contribution in [3.8, 4) is 5.75 Å². The van der Waals surface area contributed by atoms with E-state index in [0.717, 1.165) is 0 Å². The third-order valence-corrected chi connectivity index (χ3v) is 5.80. The molecule has 0 unspecified atom stereocenters. The molecule has 0 aliphatic carbocycles. The molecule has 1 saturated heterocycles. The fourth-order valence-electron chi connectivity index (χ4n) is 1.92. The van der Waals surface area contributed by atoms with Gasteiger partial charge in [0, 0.05) is 29.7 Å². The molecule has 2 N–H and O–H groups in total. The molecule has 18 heavy (non-hydrogen) atoms. The molecule has 1 heterocycles. The van der Waals surface area contributed by atoms with Crippen molar-refractivity contribution in [3.63, 3.8) is 0 Å². The molecule has 1 aromatic rings. The highest BCUT2D eigenvalue weighted by Gasteiger charge is 2.32. The normalized spacial score (nSPS) is 21.2. The molecular formula is C11H15BrN2O3S. The summed E-state index contributed by atoms with van der Waals surface area (Å²) in [6.45, 7) is 0.832. The molecule has 1 aromatic carbocycles. The molecule has 1 atom stereocenters. The van der Waals surface area contributed by atoms with Crippen molar-refractivity contribution in [2.24, 2.45) is 5.73 Å². The summed E-state index contributed by atoms with van der Waals surface area (Å²) >= 11 is 3.27. The number of nitrogens with two attached hydrogens (primary N) is 1. The van der Waals surface area contributed by atoms with Gasteiger partial charge in [-0.15, -0.1) is 0 Å². The molecule has 0 aromatic heterocycles. The molecule has 0 saturated carbocycles. The van der Waals surface area contributed by atoms with Crippen molar-refractivity contribution in [2.75, 3.05) is 20.2 Å². The molecule has 1 aliphatic heterocycles. The molecule has 0 amide bonds. The van der Waals surface area contributed by atoms with Gasteiger partial charge in [-0.05, 0) is 34.5 Å². The topological polar surface area (TPSA) is 72.6 Å². The number of hydrogen-bond donors (Lipinski definition) is 1. The van der Waals surface area contributed by atoms with Gasteiger partial charge < -0.3 is 10.5 Å². The molecule has 100 valence electrons. The number of hydrogen-bond acceptors (Lipinski definition) is 4. The zero-order valence-electron chi connectivity index (χ0n) is 9.97. The van der Waals surface area contributed by atoms with Gasteiger partial charge in [0.2, 0.25) is 10.0 Å². The highest BCUT2D eigenvalue weighted by Crippen LogP contribution is 2.30. The SMILES string of the molecule is COc1ccc(Br)c(S(=O)(=O)N2CC[C@H](N)C2)c1. The third-order valence-electron chi connectivity index (χ3n) is 2.94. The lowest BCUT2D eigenvalue weighted by Gasteiger charge is -2.17. The zero-order chi connectivity index (χ0) is 13.3. The van der Waals surface area contributed by atoms with Crippen LogP contribution in [-0.2, 0) is 10.0 Å². The summed E-state index contributed by atoms with van der Waals surface area (Å²) in [5.74, 6) is 0.514. The average Bonchev–Trinajstić information content (AvgIpc) is 2.77. The van der Waals surface area contributed by atoms with Crippen molar-refractivity contribution in [2.45, 2.75) is 17.4 Å². The molecule has 0 bridgehead atoms. The van der Waals surface area contributed by atoms with Gasteiger partial charge in [-0.25, -0.2) is 8.42 Å². The van der Waals surface area contributed by atoms with Crippen LogP contribution >= 0.6 is 15.9 Å². The maximum absolute atomic E-state index is 12.5. The van der Waals surface area contributed by atoms with Crippen molar-refractivity contribution < 1.29 is 13.2 Å². The van der Waals surface area contributed by atoms with E-state index in [-0.39, 0.29) is 10.9 Å². The lowest BCUT2D eigenvalue weighted by Crippen LogP contribution is -2.32. The van der Waals surface area contributed by atoms with Crippen LogP contribution in [0, 0.1) is 0 Å². The van der Waals surface area contributed by atoms with E-state index in [0.29, 0.717) is 29.7 Å². The van der Waals surface area contributed by atoms with Crippen molar-refractivity contribution in [3.05, 3.63) is 22.7 Å². The lowest BCUT2D eigenvalue weighted by atomic mass is 10.3. The number of sulfonamides is 1. The highest BCUT2D eigenvalue weighted by molar-refractivity contribution is 9.10. The fourth-order valence-corrected chi connectivity index (χ4v) is 4.37. The van der Waals surface area contributed by atoms with Crippen LogP contribution in [0.15, 0.2) is 27.6 Å². The van der Waals surface area contributed by atoms with Crippen LogP contribution in [0.4, 0.5) is 0 Å². The van der Waals surface area contributed by atoms with Gasteiger partial charge in [0.05, 0.1) is 7.11 Å². The Morgan fingerprint density at radius 1 is 1.50 bits per heavy atom. The summed E-state index contributed by atoms with van der Waals surface area (Å²) in [5, 5.41) is 0. The largest absolute Gasteiger partial charge is 0.497 e. The number of rotatable bonds is 3. The molecule has 0 radical (unpaired) electrons. The number of benzene rings is 1. The first-order valence-corrected chi connectivity index (χ1v) is 7.77. The van der Waals surface area contributed by atoms with Gasteiger partial charge in [0.25, 0.3) is 0 Å². The minimum absolute atomic E-state index is 0.0795. The van der Waals surface area contributed by atoms with Crippen LogP contribution in [0.1, 0.15) is 6.42 Å². The Bertz CT molecular complexity index is 547. The molecule has 5 nitrogen and oxygen atoms in total. The predicted molar refractivity (Wildman–Crippen MR) is 72.0 cm³/mol. The van der Waals surface area contributed by atoms with Gasteiger partial charge in [0.15, 0.2) is 0 Å². The first-order valence-electron chi connectivity index (χ1n) is 5.54. The van der Waals surface area contributed by atoms with E-state index in [2.05, 4.69) is 15.9 Å². The van der Waals surface area contributed by atoms with E-state index in [1.54, 1.807) is 12.1 Å². The second-order valence-electron chi connectivity index (χ2n) is 4.21. The van der Waals surface area contributed by atoms with Crippen LogP contribution in [0.25, 0.3) is 0 Å². The van der Waals surface area contributed by atoms with Gasteiger partial charge in [-0.1, -0.05) is 0 Å². The Morgan fingerprint density at radius 2 is 2.22 bits per heavy atom. The minimum Gasteiger partial charge on any atom is -0.497 e. The zero-order valence-corrected chi connectivity index (χ0v) is 12.4. The van der Waals surface area contributed by atoms with E-state index >= 15 is 0 Å². The van der Waals surface area contributed by atoms with E-state index in [9.17, 15) is 8.42 Å². The molecule has 1 aliphatic rings. The summed E-state index contributed by atoms with van der Waals surface area (Å²) in [7, 11) is -2.00. The van der Waals surface area contributed by atoms with Crippen LogP contribution in [-0.4, -0.2) is 39.0 Å². The first kappa shape index (κ1) is 13.8. The number of nitrogens with zero attached hydrogens (tertiary/aromatic N) is 1. The van der Waals surface area contributed by atoms with Gasteiger partial charge >= 0.3 is 0 Å². The molecule has 7 heteroatoms. The smallest absolute Gasteiger partial charge is 0.244 e. The summed E-state index contributed by atoms with van der Waals surface area (Å²) < 4.78 is 31.9.